The van der Waals surface area contributed by atoms with Crippen LogP contribution in [0.5, 0.6) is 0 Å². The van der Waals surface area contributed by atoms with Crippen molar-refractivity contribution in [3.63, 3.8) is 0 Å². The third-order valence-electron chi connectivity index (χ3n) is 6.38. The second kappa shape index (κ2) is 9.06. The molecule has 4 rings (SSSR count). The number of likely N-dealkylation sites (N-methyl/N-ethyl adjacent to an activating group) is 1. The van der Waals surface area contributed by atoms with E-state index in [4.69, 9.17) is 21.6 Å². The van der Waals surface area contributed by atoms with E-state index in [0.717, 1.165) is 68.1 Å². The highest BCUT2D eigenvalue weighted by Crippen LogP contribution is 2.40. The molecule has 2 aliphatic rings. The van der Waals surface area contributed by atoms with E-state index in [1.165, 1.54) is 0 Å². The van der Waals surface area contributed by atoms with E-state index < -0.39 is 0 Å². The van der Waals surface area contributed by atoms with Gasteiger partial charge in [0.1, 0.15) is 11.6 Å². The summed E-state index contributed by atoms with van der Waals surface area (Å²) in [6, 6.07) is 6.06. The van der Waals surface area contributed by atoms with Gasteiger partial charge in [0.15, 0.2) is 0 Å². The van der Waals surface area contributed by atoms with E-state index >= 15 is 0 Å². The van der Waals surface area contributed by atoms with Crippen LogP contribution >= 0.6 is 11.6 Å². The zero-order chi connectivity index (χ0) is 21.3. The maximum Gasteiger partial charge on any atom is 0.224 e. The number of benzene rings is 1. The predicted octanol–water partition coefficient (Wildman–Crippen LogP) is 2.51. The average molecular weight is 431 g/mol. The molecule has 2 aromatic rings. The van der Waals surface area contributed by atoms with Crippen molar-refractivity contribution in [3.8, 4) is 0 Å². The highest BCUT2D eigenvalue weighted by atomic mass is 35.5. The zero-order valence-electron chi connectivity index (χ0n) is 18.3. The number of piperazine rings is 1. The molecule has 162 valence electrons. The van der Waals surface area contributed by atoms with Gasteiger partial charge in [-0.3, -0.25) is 4.79 Å². The molecule has 1 saturated carbocycles. The smallest absolute Gasteiger partial charge is 0.224 e. The molecular formula is C23H33ClN5O+. The standard InChI is InChI=1S/C23H32ClN5O/c1-4-27-11-13-28(14-12-27)21(30)9-10-29(16(2)3)23-19-8-7-18(24)15-20(19)25-22(26-23)17-5-6-17/h7-8,15-17H,4-6,9-14H2,1-3H3/p+1. The molecule has 1 aromatic carbocycles. The van der Waals surface area contributed by atoms with Crippen LogP contribution in [0.4, 0.5) is 5.82 Å². The van der Waals surface area contributed by atoms with Crippen molar-refractivity contribution in [2.75, 3.05) is 44.2 Å². The molecule has 1 aromatic heterocycles. The van der Waals surface area contributed by atoms with Crippen LogP contribution in [0, 0.1) is 0 Å². The first-order valence-corrected chi connectivity index (χ1v) is 11.7. The molecule has 0 atom stereocenters. The van der Waals surface area contributed by atoms with Gasteiger partial charge in [0.25, 0.3) is 0 Å². The number of aromatic nitrogens is 2. The second-order valence-corrected chi connectivity index (χ2v) is 9.30. The van der Waals surface area contributed by atoms with E-state index in [9.17, 15) is 4.79 Å². The first-order valence-electron chi connectivity index (χ1n) is 11.3. The Balaban J connectivity index is 1.54. The number of hydrogen-bond donors (Lipinski definition) is 1. The molecule has 6 nitrogen and oxygen atoms in total. The van der Waals surface area contributed by atoms with Gasteiger partial charge in [-0.25, -0.2) is 9.97 Å². The number of carbonyl (C=O) groups is 1. The van der Waals surface area contributed by atoms with Gasteiger partial charge in [-0.15, -0.1) is 0 Å². The Morgan fingerprint density at radius 1 is 1.27 bits per heavy atom. The van der Waals surface area contributed by atoms with E-state index in [2.05, 4.69) is 25.7 Å². The third kappa shape index (κ3) is 4.70. The predicted molar refractivity (Wildman–Crippen MR) is 121 cm³/mol. The normalized spacial score (nSPS) is 17.7. The Bertz CT molecular complexity index is 906. The molecule has 30 heavy (non-hydrogen) atoms. The Morgan fingerprint density at radius 2 is 2.00 bits per heavy atom. The fourth-order valence-corrected chi connectivity index (χ4v) is 4.42. The molecule has 1 N–H and O–H groups in total. The Labute approximate surface area is 184 Å². The van der Waals surface area contributed by atoms with E-state index in [0.29, 0.717) is 23.9 Å². The number of carbonyl (C=O) groups excluding carboxylic acids is 1. The van der Waals surface area contributed by atoms with E-state index in [-0.39, 0.29) is 11.9 Å². The van der Waals surface area contributed by atoms with Crippen LogP contribution in [0.1, 0.15) is 51.8 Å². The van der Waals surface area contributed by atoms with E-state index in [1.807, 2.05) is 23.1 Å². The first-order chi connectivity index (χ1) is 14.5. The minimum Gasteiger partial charge on any atom is -0.353 e. The minimum atomic E-state index is 0.236. The molecule has 0 spiro atoms. The highest BCUT2D eigenvalue weighted by Gasteiger charge is 2.29. The number of halogens is 1. The van der Waals surface area contributed by atoms with Crippen molar-refractivity contribution in [3.05, 3.63) is 29.0 Å². The zero-order valence-corrected chi connectivity index (χ0v) is 19.1. The lowest BCUT2D eigenvalue weighted by Gasteiger charge is -2.33. The largest absolute Gasteiger partial charge is 0.353 e. The summed E-state index contributed by atoms with van der Waals surface area (Å²) >= 11 is 6.24. The molecule has 7 heteroatoms. The van der Waals surface area contributed by atoms with Crippen molar-refractivity contribution in [1.29, 1.82) is 0 Å². The number of nitrogens with one attached hydrogen (secondary N) is 1. The van der Waals surface area contributed by atoms with Crippen molar-refractivity contribution in [2.24, 2.45) is 0 Å². The third-order valence-corrected chi connectivity index (χ3v) is 6.62. The van der Waals surface area contributed by atoms with Crippen molar-refractivity contribution < 1.29 is 9.69 Å². The summed E-state index contributed by atoms with van der Waals surface area (Å²) in [6.07, 6.45) is 2.81. The van der Waals surface area contributed by atoms with Crippen LogP contribution in [0.25, 0.3) is 10.9 Å². The minimum absolute atomic E-state index is 0.236. The molecule has 1 saturated heterocycles. The average Bonchev–Trinajstić information content (AvgIpc) is 3.58. The summed E-state index contributed by atoms with van der Waals surface area (Å²) in [6.45, 7) is 12.2. The summed E-state index contributed by atoms with van der Waals surface area (Å²) < 4.78 is 0. The summed E-state index contributed by atoms with van der Waals surface area (Å²) in [5, 5.41) is 1.69. The molecule has 1 aliphatic heterocycles. The molecule has 0 bridgehead atoms. The van der Waals surface area contributed by atoms with Gasteiger partial charge in [-0.1, -0.05) is 11.6 Å². The quantitative estimate of drug-likeness (QED) is 0.733. The monoisotopic (exact) mass is 430 g/mol. The van der Waals surface area contributed by atoms with Crippen LogP contribution in [0.3, 0.4) is 0 Å². The maximum absolute atomic E-state index is 12.9. The summed E-state index contributed by atoms with van der Waals surface area (Å²) in [7, 11) is 0. The van der Waals surface area contributed by atoms with Crippen LogP contribution in [-0.2, 0) is 4.79 Å². The first kappa shape index (κ1) is 21.3. The van der Waals surface area contributed by atoms with Crippen molar-refractivity contribution in [2.45, 2.75) is 52.0 Å². The highest BCUT2D eigenvalue weighted by molar-refractivity contribution is 6.31. The molecular weight excluding hydrogens is 398 g/mol. The lowest BCUT2D eigenvalue weighted by molar-refractivity contribution is -0.902. The van der Waals surface area contributed by atoms with Crippen molar-refractivity contribution in [1.82, 2.24) is 14.9 Å². The topological polar surface area (TPSA) is 53.8 Å². The van der Waals surface area contributed by atoms with Gasteiger partial charge in [0.05, 0.1) is 38.2 Å². The Hall–Kier alpha value is -1.92. The molecule has 2 fully saturated rings. The van der Waals surface area contributed by atoms with Gasteiger partial charge in [-0.05, 0) is 51.8 Å². The number of quaternary nitrogens is 1. The molecule has 0 unspecified atom stereocenters. The fourth-order valence-electron chi connectivity index (χ4n) is 4.26. The van der Waals surface area contributed by atoms with Gasteiger partial charge >= 0.3 is 0 Å². The van der Waals surface area contributed by atoms with Gasteiger partial charge in [0, 0.05) is 35.3 Å². The SMILES string of the molecule is CC[NH+]1CCN(C(=O)CCN(c2nc(C3CC3)nc3cc(Cl)ccc23)C(C)C)CC1. The number of hydrogen-bond acceptors (Lipinski definition) is 4. The molecule has 0 radical (unpaired) electrons. The van der Waals surface area contributed by atoms with Gasteiger partial charge in [-0.2, -0.15) is 0 Å². The number of anilines is 1. The summed E-state index contributed by atoms with van der Waals surface area (Å²) in [5.74, 6) is 2.55. The van der Waals surface area contributed by atoms with Crippen molar-refractivity contribution >= 4 is 34.2 Å². The lowest BCUT2D eigenvalue weighted by Crippen LogP contribution is -3.14. The van der Waals surface area contributed by atoms with Crippen LogP contribution < -0.4 is 9.80 Å². The Morgan fingerprint density at radius 3 is 2.63 bits per heavy atom. The van der Waals surface area contributed by atoms with Gasteiger partial charge in [0.2, 0.25) is 5.91 Å². The number of amides is 1. The molecule has 2 heterocycles. The fraction of sp³-hybridized carbons (Fsp3) is 0.609. The maximum atomic E-state index is 12.9. The van der Waals surface area contributed by atoms with Crippen LogP contribution in [0.2, 0.25) is 5.02 Å². The second-order valence-electron chi connectivity index (χ2n) is 8.86. The number of nitrogens with zero attached hydrogens (tertiary/aromatic N) is 4. The molecule has 1 amide bonds. The van der Waals surface area contributed by atoms with Gasteiger partial charge < -0.3 is 14.7 Å². The van der Waals surface area contributed by atoms with Crippen LogP contribution in [-0.4, -0.2) is 66.1 Å². The van der Waals surface area contributed by atoms with E-state index in [1.54, 1.807) is 4.90 Å². The van der Waals surface area contributed by atoms with Crippen LogP contribution in [0.15, 0.2) is 18.2 Å². The summed E-state index contributed by atoms with van der Waals surface area (Å²) in [5.41, 5.74) is 0.894. The Kier molecular flexibility index (Phi) is 6.44. The lowest BCUT2D eigenvalue weighted by atomic mass is 10.1. The summed E-state index contributed by atoms with van der Waals surface area (Å²) in [4.78, 5) is 28.5. The number of rotatable bonds is 7. The molecule has 1 aliphatic carbocycles. The number of fused-ring (bicyclic) bond motifs is 1.